The number of nitrogens with one attached hydrogen (secondary N) is 4. The van der Waals surface area contributed by atoms with Crippen LogP contribution in [-0.2, 0) is 0 Å². The van der Waals surface area contributed by atoms with E-state index in [-0.39, 0.29) is 0 Å². The van der Waals surface area contributed by atoms with Gasteiger partial charge in [-0.25, -0.2) is 4.99 Å². The fourth-order valence-corrected chi connectivity index (χ4v) is 2.80. The summed E-state index contributed by atoms with van der Waals surface area (Å²) in [6, 6.07) is 10.3. The molecule has 0 spiro atoms. The van der Waals surface area contributed by atoms with E-state index in [9.17, 15) is 0 Å². The predicted molar refractivity (Wildman–Crippen MR) is 119 cm³/mol. The highest BCUT2D eigenvalue weighted by molar-refractivity contribution is 6.10. The van der Waals surface area contributed by atoms with Crippen LogP contribution in [-0.4, -0.2) is 38.9 Å². The molecule has 6 N–H and O–H groups in total. The Bertz CT molecular complexity index is 760. The number of nitrogens with zero attached hydrogens (tertiary/aromatic N) is 2. The molecule has 1 aliphatic heterocycles. The third kappa shape index (κ3) is 6.50. The van der Waals surface area contributed by atoms with Crippen molar-refractivity contribution in [1.29, 1.82) is 0 Å². The first-order valence-electron chi connectivity index (χ1n) is 9.52. The SMILES string of the molecule is C=C1CCCN/N=C(/C(N)=C/NC)\N=C/1NCC/C(=C/NC)c1ccccc1. The Morgan fingerprint density at radius 1 is 1.21 bits per heavy atom. The van der Waals surface area contributed by atoms with Crippen LogP contribution < -0.4 is 27.1 Å². The summed E-state index contributed by atoms with van der Waals surface area (Å²) in [5, 5.41) is 13.8. The lowest BCUT2D eigenvalue weighted by Crippen LogP contribution is -2.28. The van der Waals surface area contributed by atoms with Crippen LogP contribution in [0.1, 0.15) is 24.8 Å². The number of hydrogen-bond acceptors (Lipinski definition) is 7. The molecule has 1 heterocycles. The number of aliphatic imine (C=N–C) groups is 1. The van der Waals surface area contributed by atoms with E-state index in [1.165, 1.54) is 11.1 Å². The lowest BCUT2D eigenvalue weighted by Gasteiger charge is -2.14. The maximum Gasteiger partial charge on any atom is 0.198 e. The van der Waals surface area contributed by atoms with Crippen molar-refractivity contribution in [2.24, 2.45) is 15.8 Å². The Labute approximate surface area is 167 Å². The summed E-state index contributed by atoms with van der Waals surface area (Å²) in [6.45, 7) is 5.66. The zero-order chi connectivity index (χ0) is 20.2. The van der Waals surface area contributed by atoms with Gasteiger partial charge in [-0.3, -0.25) is 0 Å². The van der Waals surface area contributed by atoms with Crippen molar-refractivity contribution in [2.75, 3.05) is 27.2 Å². The van der Waals surface area contributed by atoms with Crippen LogP contribution >= 0.6 is 0 Å². The van der Waals surface area contributed by atoms with Gasteiger partial charge in [0.2, 0.25) is 0 Å². The van der Waals surface area contributed by atoms with Gasteiger partial charge < -0.3 is 27.1 Å². The average molecular weight is 382 g/mol. The van der Waals surface area contributed by atoms with Crippen LogP contribution in [0.5, 0.6) is 0 Å². The van der Waals surface area contributed by atoms with Crippen LogP contribution in [0.25, 0.3) is 5.57 Å². The summed E-state index contributed by atoms with van der Waals surface area (Å²) in [5.74, 6) is 1.17. The summed E-state index contributed by atoms with van der Waals surface area (Å²) < 4.78 is 0. The number of rotatable bonds is 7. The molecular weight excluding hydrogens is 350 g/mol. The predicted octanol–water partition coefficient (Wildman–Crippen LogP) is 1.90. The van der Waals surface area contributed by atoms with E-state index in [2.05, 4.69) is 50.2 Å². The van der Waals surface area contributed by atoms with Crippen LogP contribution in [0.15, 0.2) is 70.7 Å². The van der Waals surface area contributed by atoms with Crippen molar-refractivity contribution < 1.29 is 0 Å². The van der Waals surface area contributed by atoms with Gasteiger partial charge in [-0.1, -0.05) is 36.9 Å². The average Bonchev–Trinajstić information content (AvgIpc) is 2.79. The molecule has 0 unspecified atom stereocenters. The van der Waals surface area contributed by atoms with Crippen molar-refractivity contribution in [3.63, 3.8) is 0 Å². The molecule has 0 saturated carbocycles. The monoisotopic (exact) mass is 381 g/mol. The van der Waals surface area contributed by atoms with Crippen molar-refractivity contribution in [3.05, 3.63) is 66.1 Å². The quantitative estimate of drug-likeness (QED) is 0.497. The van der Waals surface area contributed by atoms with Gasteiger partial charge in [0.15, 0.2) is 5.84 Å². The Morgan fingerprint density at radius 3 is 2.68 bits per heavy atom. The Morgan fingerprint density at radius 2 is 1.96 bits per heavy atom. The van der Waals surface area contributed by atoms with Gasteiger partial charge in [0, 0.05) is 39.6 Å². The zero-order valence-electron chi connectivity index (χ0n) is 16.8. The molecule has 0 radical (unpaired) electrons. The standard InChI is InChI=1S/C21H31N7/c1-16-8-7-12-26-28-21(19(22)15-24-3)27-20(16)25-13-11-18(14-23-2)17-9-5-4-6-10-17/h4-6,9-10,14-15,23-24,26H,1,7-8,11-13,22H2,2-3H3,(H,25,27,28)/b18-14-,19-15-. The van der Waals surface area contributed by atoms with Gasteiger partial charge in [-0.05, 0) is 36.0 Å². The lowest BCUT2D eigenvalue weighted by atomic mass is 10.0. The van der Waals surface area contributed by atoms with Crippen LogP contribution in [0, 0.1) is 0 Å². The molecule has 0 aliphatic carbocycles. The third-order valence-corrected chi connectivity index (χ3v) is 4.21. The molecule has 0 amide bonds. The smallest absolute Gasteiger partial charge is 0.198 e. The highest BCUT2D eigenvalue weighted by Crippen LogP contribution is 2.16. The number of nitrogens with two attached hydrogens (primary N) is 1. The van der Waals surface area contributed by atoms with Crippen molar-refractivity contribution in [1.82, 2.24) is 21.4 Å². The second-order valence-corrected chi connectivity index (χ2v) is 6.40. The third-order valence-electron chi connectivity index (χ3n) is 4.21. The largest absolute Gasteiger partial charge is 0.394 e. The second kappa shape index (κ2) is 11.5. The summed E-state index contributed by atoms with van der Waals surface area (Å²) in [7, 11) is 3.70. The lowest BCUT2D eigenvalue weighted by molar-refractivity contribution is 0.686. The zero-order valence-corrected chi connectivity index (χ0v) is 16.8. The fraction of sp³-hybridized carbons (Fsp3) is 0.333. The molecule has 0 fully saturated rings. The summed E-state index contributed by atoms with van der Waals surface area (Å²) in [6.07, 6.45) is 6.31. The molecule has 0 bridgehead atoms. The second-order valence-electron chi connectivity index (χ2n) is 6.40. The summed E-state index contributed by atoms with van der Waals surface area (Å²) in [5.41, 5.74) is 12.9. The Hall–Kier alpha value is -3.22. The molecule has 150 valence electrons. The molecule has 0 atom stereocenters. The Kier molecular flexibility index (Phi) is 8.65. The maximum atomic E-state index is 6.08. The molecule has 7 nitrogen and oxygen atoms in total. The van der Waals surface area contributed by atoms with Gasteiger partial charge in [-0.2, -0.15) is 5.10 Å². The first-order valence-corrected chi connectivity index (χ1v) is 9.52. The number of amidine groups is 2. The van der Waals surface area contributed by atoms with E-state index >= 15 is 0 Å². The van der Waals surface area contributed by atoms with Gasteiger partial charge in [-0.15, -0.1) is 0 Å². The first kappa shape index (κ1) is 21.1. The molecule has 2 rings (SSSR count). The fourth-order valence-electron chi connectivity index (χ4n) is 2.80. The summed E-state index contributed by atoms with van der Waals surface area (Å²) in [4.78, 5) is 4.64. The minimum Gasteiger partial charge on any atom is -0.394 e. The molecular formula is C21H31N7. The highest BCUT2D eigenvalue weighted by atomic mass is 15.3. The minimum absolute atomic E-state index is 0.439. The summed E-state index contributed by atoms with van der Waals surface area (Å²) >= 11 is 0. The molecule has 1 aromatic rings. The van der Waals surface area contributed by atoms with E-state index in [1.54, 1.807) is 13.2 Å². The van der Waals surface area contributed by atoms with Crippen LogP contribution in [0.3, 0.4) is 0 Å². The maximum absolute atomic E-state index is 6.08. The topological polar surface area (TPSA) is 98.9 Å². The molecule has 28 heavy (non-hydrogen) atoms. The van der Waals surface area contributed by atoms with E-state index in [0.717, 1.165) is 43.8 Å². The van der Waals surface area contributed by atoms with Crippen molar-refractivity contribution in [3.8, 4) is 0 Å². The molecule has 1 aromatic carbocycles. The van der Waals surface area contributed by atoms with E-state index < -0.39 is 0 Å². The highest BCUT2D eigenvalue weighted by Gasteiger charge is 2.11. The molecule has 0 aromatic heterocycles. The normalized spacial score (nSPS) is 19.7. The van der Waals surface area contributed by atoms with Gasteiger partial charge in [0.25, 0.3) is 0 Å². The van der Waals surface area contributed by atoms with E-state index in [4.69, 9.17) is 5.73 Å². The first-order chi connectivity index (χ1) is 13.7. The minimum atomic E-state index is 0.439. The Balaban J connectivity index is 2.13. The van der Waals surface area contributed by atoms with Gasteiger partial charge in [0.1, 0.15) is 5.84 Å². The number of hydrogen-bond donors (Lipinski definition) is 5. The van der Waals surface area contributed by atoms with Gasteiger partial charge >= 0.3 is 0 Å². The van der Waals surface area contributed by atoms with Crippen molar-refractivity contribution in [2.45, 2.75) is 19.3 Å². The number of benzene rings is 1. The van der Waals surface area contributed by atoms with Crippen molar-refractivity contribution >= 4 is 17.2 Å². The number of hydrazone groups is 1. The van der Waals surface area contributed by atoms with E-state index in [0.29, 0.717) is 11.5 Å². The van der Waals surface area contributed by atoms with E-state index in [1.807, 2.05) is 31.4 Å². The molecule has 7 heteroatoms. The van der Waals surface area contributed by atoms with Gasteiger partial charge in [0.05, 0.1) is 5.70 Å². The van der Waals surface area contributed by atoms with Crippen LogP contribution in [0.4, 0.5) is 0 Å². The van der Waals surface area contributed by atoms with Crippen LogP contribution in [0.2, 0.25) is 0 Å². The molecule has 0 saturated heterocycles. The molecule has 1 aliphatic rings.